The Morgan fingerprint density at radius 2 is 1.83 bits per heavy atom. The van der Waals surface area contributed by atoms with E-state index in [-0.39, 0.29) is 6.54 Å². The van der Waals surface area contributed by atoms with Crippen LogP contribution >= 0.6 is 0 Å². The van der Waals surface area contributed by atoms with E-state index in [9.17, 15) is 14.4 Å². The zero-order chi connectivity index (χ0) is 16.4. The number of nitrogens with zero attached hydrogens (tertiary/aromatic N) is 2. The molecule has 1 saturated heterocycles. The van der Waals surface area contributed by atoms with Crippen molar-refractivity contribution in [3.05, 3.63) is 36.0 Å². The van der Waals surface area contributed by atoms with Crippen LogP contribution in [-0.4, -0.2) is 47.3 Å². The molecule has 1 aliphatic rings. The number of carbonyl (C=O) groups is 3. The third-order valence-corrected chi connectivity index (χ3v) is 4.15. The Labute approximate surface area is 133 Å². The molecule has 1 aromatic carbocycles. The smallest absolute Gasteiger partial charge is 0.325 e. The van der Waals surface area contributed by atoms with Gasteiger partial charge in [-0.3, -0.25) is 14.4 Å². The number of methoxy groups -OCH3 is 1. The minimum absolute atomic E-state index is 0.00218. The lowest BCUT2D eigenvalue weighted by Gasteiger charge is -2.13. The van der Waals surface area contributed by atoms with Crippen molar-refractivity contribution in [1.29, 1.82) is 0 Å². The van der Waals surface area contributed by atoms with Gasteiger partial charge in [-0.15, -0.1) is 0 Å². The monoisotopic (exact) mass is 314 g/mol. The van der Waals surface area contributed by atoms with Crippen LogP contribution in [-0.2, 0) is 20.9 Å². The number of carbonyl (C=O) groups excluding carboxylic acids is 3. The second kappa shape index (κ2) is 6.24. The molecule has 6 heteroatoms. The molecule has 0 aliphatic carbocycles. The number of esters is 1. The van der Waals surface area contributed by atoms with Crippen molar-refractivity contribution in [1.82, 2.24) is 9.47 Å². The van der Waals surface area contributed by atoms with Gasteiger partial charge in [0.25, 0.3) is 11.7 Å². The van der Waals surface area contributed by atoms with Crippen molar-refractivity contribution < 1.29 is 19.1 Å². The van der Waals surface area contributed by atoms with Crippen molar-refractivity contribution in [3.63, 3.8) is 0 Å². The molecule has 0 unspecified atom stereocenters. The molecule has 1 aliphatic heterocycles. The third-order valence-electron chi connectivity index (χ3n) is 4.15. The van der Waals surface area contributed by atoms with Crippen LogP contribution in [0.15, 0.2) is 30.5 Å². The number of para-hydroxylation sites is 1. The van der Waals surface area contributed by atoms with Crippen LogP contribution in [0.1, 0.15) is 23.2 Å². The number of rotatable bonds is 4. The quantitative estimate of drug-likeness (QED) is 0.488. The van der Waals surface area contributed by atoms with Crippen LogP contribution in [0.3, 0.4) is 0 Å². The van der Waals surface area contributed by atoms with Gasteiger partial charge in [0.1, 0.15) is 6.54 Å². The summed E-state index contributed by atoms with van der Waals surface area (Å²) in [7, 11) is 1.32. The highest BCUT2D eigenvalue weighted by molar-refractivity contribution is 6.44. The van der Waals surface area contributed by atoms with Gasteiger partial charge in [-0.1, -0.05) is 18.2 Å². The van der Waals surface area contributed by atoms with Gasteiger partial charge in [-0.2, -0.15) is 0 Å². The number of amides is 1. The molecule has 3 rings (SSSR count). The molecule has 0 spiro atoms. The van der Waals surface area contributed by atoms with Gasteiger partial charge in [0.2, 0.25) is 0 Å². The molecule has 1 aromatic heterocycles. The summed E-state index contributed by atoms with van der Waals surface area (Å²) in [5.41, 5.74) is 1.07. The van der Waals surface area contributed by atoms with Gasteiger partial charge in [-0.05, 0) is 18.9 Å². The summed E-state index contributed by atoms with van der Waals surface area (Å²) in [4.78, 5) is 38.1. The van der Waals surface area contributed by atoms with Crippen LogP contribution in [0.2, 0.25) is 0 Å². The summed E-state index contributed by atoms with van der Waals surface area (Å²) >= 11 is 0. The number of ether oxygens (including phenoxy) is 1. The van der Waals surface area contributed by atoms with Crippen LogP contribution in [0, 0.1) is 0 Å². The van der Waals surface area contributed by atoms with Gasteiger partial charge in [0.05, 0.1) is 12.7 Å². The number of aromatic nitrogens is 1. The summed E-state index contributed by atoms with van der Waals surface area (Å²) in [5.74, 6) is -1.40. The highest BCUT2D eigenvalue weighted by atomic mass is 16.5. The molecule has 0 saturated carbocycles. The maximum Gasteiger partial charge on any atom is 0.325 e. The Hall–Kier alpha value is -2.63. The fourth-order valence-electron chi connectivity index (χ4n) is 2.94. The minimum atomic E-state index is -0.522. The van der Waals surface area contributed by atoms with Crippen molar-refractivity contribution >= 4 is 28.6 Å². The summed E-state index contributed by atoms with van der Waals surface area (Å²) < 4.78 is 6.33. The van der Waals surface area contributed by atoms with Crippen LogP contribution < -0.4 is 0 Å². The number of likely N-dealkylation sites (tertiary alicyclic amines) is 1. The third kappa shape index (κ3) is 2.84. The molecule has 0 radical (unpaired) electrons. The van der Waals surface area contributed by atoms with E-state index in [1.54, 1.807) is 21.7 Å². The van der Waals surface area contributed by atoms with E-state index in [0.717, 1.165) is 18.4 Å². The second-order valence-corrected chi connectivity index (χ2v) is 5.59. The van der Waals surface area contributed by atoms with E-state index in [1.165, 1.54) is 7.11 Å². The Morgan fingerprint density at radius 3 is 2.52 bits per heavy atom. The zero-order valence-corrected chi connectivity index (χ0v) is 12.9. The van der Waals surface area contributed by atoms with Crippen molar-refractivity contribution in [2.75, 3.05) is 20.2 Å². The SMILES string of the molecule is COC(=O)Cn1cc(C(=O)C(=O)N2CCCC2)c2ccccc21. The van der Waals surface area contributed by atoms with Crippen molar-refractivity contribution in [2.45, 2.75) is 19.4 Å². The van der Waals surface area contributed by atoms with Gasteiger partial charge in [0, 0.05) is 30.2 Å². The van der Waals surface area contributed by atoms with Crippen LogP contribution in [0.25, 0.3) is 10.9 Å². The highest BCUT2D eigenvalue weighted by Gasteiger charge is 2.28. The molecule has 23 heavy (non-hydrogen) atoms. The molecule has 120 valence electrons. The van der Waals surface area contributed by atoms with Gasteiger partial charge in [0.15, 0.2) is 0 Å². The lowest BCUT2D eigenvalue weighted by molar-refractivity contribution is -0.141. The predicted octanol–water partition coefficient (Wildman–Crippen LogP) is 1.62. The first-order valence-corrected chi connectivity index (χ1v) is 7.60. The number of hydrogen-bond donors (Lipinski definition) is 0. The van der Waals surface area contributed by atoms with Gasteiger partial charge in [-0.25, -0.2) is 0 Å². The fourth-order valence-corrected chi connectivity index (χ4v) is 2.94. The summed E-state index contributed by atoms with van der Waals surface area (Å²) in [6, 6.07) is 7.23. The molecule has 2 aromatic rings. The number of benzene rings is 1. The van der Waals surface area contributed by atoms with E-state index in [0.29, 0.717) is 24.0 Å². The lowest BCUT2D eigenvalue weighted by atomic mass is 10.1. The summed E-state index contributed by atoms with van der Waals surface area (Å²) in [6.45, 7) is 1.26. The molecular formula is C17H18N2O4. The average molecular weight is 314 g/mol. The Balaban J connectivity index is 1.98. The van der Waals surface area contributed by atoms with Crippen LogP contribution in [0.5, 0.6) is 0 Å². The molecule has 0 N–H and O–H groups in total. The number of ketones is 1. The Bertz CT molecular complexity index is 772. The zero-order valence-electron chi connectivity index (χ0n) is 12.9. The first-order valence-electron chi connectivity index (χ1n) is 7.60. The summed E-state index contributed by atoms with van der Waals surface area (Å²) in [5, 5.41) is 0.675. The first-order chi connectivity index (χ1) is 11.1. The van der Waals surface area contributed by atoms with E-state index in [1.807, 2.05) is 18.2 Å². The first kappa shape index (κ1) is 15.3. The molecule has 6 nitrogen and oxygen atoms in total. The highest BCUT2D eigenvalue weighted by Crippen LogP contribution is 2.23. The maximum atomic E-state index is 12.6. The van der Waals surface area contributed by atoms with E-state index in [4.69, 9.17) is 0 Å². The van der Waals surface area contributed by atoms with Crippen LogP contribution in [0.4, 0.5) is 0 Å². The fraction of sp³-hybridized carbons (Fsp3) is 0.353. The largest absolute Gasteiger partial charge is 0.468 e. The number of hydrogen-bond acceptors (Lipinski definition) is 4. The van der Waals surface area contributed by atoms with Gasteiger partial charge >= 0.3 is 5.97 Å². The topological polar surface area (TPSA) is 68.6 Å². The lowest BCUT2D eigenvalue weighted by Crippen LogP contribution is -2.34. The van der Waals surface area contributed by atoms with Crippen molar-refractivity contribution in [3.8, 4) is 0 Å². The molecule has 1 amide bonds. The number of Topliss-reactive ketones (excluding diaryl/α,β-unsaturated/α-hetero) is 1. The summed E-state index contributed by atoms with van der Waals surface area (Å²) in [6.07, 6.45) is 3.43. The average Bonchev–Trinajstić information content (AvgIpc) is 3.22. The second-order valence-electron chi connectivity index (χ2n) is 5.59. The van der Waals surface area contributed by atoms with E-state index >= 15 is 0 Å². The minimum Gasteiger partial charge on any atom is -0.468 e. The van der Waals surface area contributed by atoms with Crippen molar-refractivity contribution in [2.24, 2.45) is 0 Å². The Morgan fingerprint density at radius 1 is 1.13 bits per heavy atom. The Kier molecular flexibility index (Phi) is 4.14. The van der Waals surface area contributed by atoms with E-state index < -0.39 is 17.7 Å². The van der Waals surface area contributed by atoms with Gasteiger partial charge < -0.3 is 14.2 Å². The van der Waals surface area contributed by atoms with E-state index in [2.05, 4.69) is 4.74 Å². The molecule has 0 atom stereocenters. The molecular weight excluding hydrogens is 296 g/mol. The molecule has 1 fully saturated rings. The molecule has 0 bridgehead atoms. The normalized spacial score (nSPS) is 14.2. The molecule has 2 heterocycles. The maximum absolute atomic E-state index is 12.6. The standard InChI is InChI=1S/C17H18N2O4/c1-23-15(20)11-19-10-13(12-6-2-3-7-14(12)19)16(21)17(22)18-8-4-5-9-18/h2-3,6-7,10H,4-5,8-9,11H2,1H3. The number of fused-ring (bicyclic) bond motifs is 1. The predicted molar refractivity (Wildman–Crippen MR) is 84.1 cm³/mol.